The molecule has 26 heavy (non-hydrogen) atoms. The topological polar surface area (TPSA) is 67.6 Å². The van der Waals surface area contributed by atoms with Crippen LogP contribution in [0.25, 0.3) is 5.65 Å². The highest BCUT2D eigenvalue weighted by atomic mass is 16.5. The number of hydrogen-bond donors (Lipinski definition) is 1. The van der Waals surface area contributed by atoms with Crippen LogP contribution in [0.1, 0.15) is 56.7 Å². The minimum atomic E-state index is 0.218. The lowest BCUT2D eigenvalue weighted by atomic mass is 9.79. The summed E-state index contributed by atoms with van der Waals surface area (Å²) < 4.78 is 7.71. The molecule has 0 amide bonds. The van der Waals surface area contributed by atoms with Crippen molar-refractivity contribution in [1.29, 1.82) is 0 Å². The summed E-state index contributed by atoms with van der Waals surface area (Å²) >= 11 is 0. The number of rotatable bonds is 5. The van der Waals surface area contributed by atoms with E-state index < -0.39 is 0 Å². The predicted molar refractivity (Wildman–Crippen MR) is 99.5 cm³/mol. The van der Waals surface area contributed by atoms with Crippen molar-refractivity contribution in [2.45, 2.75) is 56.4 Å². The molecular weight excluding hydrogens is 328 g/mol. The standard InChI is InChI=1S/C19H28N6O/c1-2-6-19(7-3-1,24-10-12-26-13-11-24)14-21-16-18-23-22-17(15-4-5-15)25(18)9-8-20-16/h8-9,15H,1-7,10-14H2,(H,20,21). The van der Waals surface area contributed by atoms with Crippen molar-refractivity contribution < 1.29 is 4.74 Å². The number of ether oxygens (including phenoxy) is 1. The van der Waals surface area contributed by atoms with Crippen LogP contribution in [0.2, 0.25) is 0 Å². The van der Waals surface area contributed by atoms with Gasteiger partial charge in [0.15, 0.2) is 5.82 Å². The van der Waals surface area contributed by atoms with Crippen molar-refractivity contribution in [3.63, 3.8) is 0 Å². The van der Waals surface area contributed by atoms with Crippen molar-refractivity contribution in [3.8, 4) is 0 Å². The lowest BCUT2D eigenvalue weighted by molar-refractivity contribution is -0.0318. The molecule has 2 aliphatic carbocycles. The van der Waals surface area contributed by atoms with E-state index in [0.29, 0.717) is 5.92 Å². The van der Waals surface area contributed by atoms with Crippen LogP contribution in [0, 0.1) is 0 Å². The van der Waals surface area contributed by atoms with Gasteiger partial charge in [0.25, 0.3) is 0 Å². The van der Waals surface area contributed by atoms with E-state index in [2.05, 4.69) is 29.8 Å². The Morgan fingerprint density at radius 2 is 1.92 bits per heavy atom. The minimum Gasteiger partial charge on any atom is -0.379 e. The molecule has 5 rings (SSSR count). The molecule has 0 aromatic carbocycles. The molecule has 0 unspecified atom stereocenters. The summed E-state index contributed by atoms with van der Waals surface area (Å²) in [6.07, 6.45) is 12.8. The molecule has 1 aliphatic heterocycles. The zero-order valence-electron chi connectivity index (χ0n) is 15.4. The van der Waals surface area contributed by atoms with E-state index in [4.69, 9.17) is 4.74 Å². The van der Waals surface area contributed by atoms with Gasteiger partial charge in [-0.05, 0) is 25.7 Å². The van der Waals surface area contributed by atoms with Gasteiger partial charge in [0.1, 0.15) is 5.82 Å². The maximum Gasteiger partial charge on any atom is 0.203 e. The quantitative estimate of drug-likeness (QED) is 0.888. The Morgan fingerprint density at radius 1 is 1.12 bits per heavy atom. The molecule has 7 nitrogen and oxygen atoms in total. The molecule has 2 aromatic heterocycles. The number of hydrogen-bond acceptors (Lipinski definition) is 6. The van der Waals surface area contributed by atoms with Gasteiger partial charge < -0.3 is 10.1 Å². The third-order valence-corrected chi connectivity index (χ3v) is 6.35. The molecule has 2 aromatic rings. The van der Waals surface area contributed by atoms with Gasteiger partial charge >= 0.3 is 0 Å². The Bertz CT molecular complexity index is 758. The third-order valence-electron chi connectivity index (χ3n) is 6.35. The molecule has 0 bridgehead atoms. The van der Waals surface area contributed by atoms with E-state index in [0.717, 1.165) is 50.1 Å². The van der Waals surface area contributed by atoms with Gasteiger partial charge in [-0.3, -0.25) is 9.30 Å². The second kappa shape index (κ2) is 6.78. The fourth-order valence-corrected chi connectivity index (χ4v) is 4.69. The molecule has 2 saturated carbocycles. The molecule has 140 valence electrons. The van der Waals surface area contributed by atoms with Crippen LogP contribution >= 0.6 is 0 Å². The van der Waals surface area contributed by atoms with Gasteiger partial charge in [-0.15, -0.1) is 10.2 Å². The molecular formula is C19H28N6O. The van der Waals surface area contributed by atoms with Crippen LogP contribution in [0.5, 0.6) is 0 Å². The van der Waals surface area contributed by atoms with Crippen molar-refractivity contribution in [1.82, 2.24) is 24.5 Å². The van der Waals surface area contributed by atoms with Gasteiger partial charge in [0.2, 0.25) is 5.65 Å². The Balaban J connectivity index is 1.38. The van der Waals surface area contributed by atoms with Crippen molar-refractivity contribution in [2.75, 3.05) is 38.2 Å². The van der Waals surface area contributed by atoms with Crippen LogP contribution in [-0.2, 0) is 4.74 Å². The van der Waals surface area contributed by atoms with Gasteiger partial charge in [0.05, 0.1) is 13.2 Å². The number of nitrogens with zero attached hydrogens (tertiary/aromatic N) is 5. The number of aromatic nitrogens is 4. The molecule has 0 spiro atoms. The fraction of sp³-hybridized carbons (Fsp3) is 0.737. The lowest BCUT2D eigenvalue weighted by Gasteiger charge is -2.48. The second-order valence-electron chi connectivity index (χ2n) is 8.04. The highest BCUT2D eigenvalue weighted by Crippen LogP contribution is 2.39. The summed E-state index contributed by atoms with van der Waals surface area (Å²) in [6, 6.07) is 0. The van der Waals surface area contributed by atoms with Crippen LogP contribution in [-0.4, -0.2) is 62.9 Å². The summed E-state index contributed by atoms with van der Waals surface area (Å²) in [6.45, 7) is 4.70. The Kier molecular flexibility index (Phi) is 4.29. The van der Waals surface area contributed by atoms with E-state index in [-0.39, 0.29) is 5.54 Å². The first-order valence-electron chi connectivity index (χ1n) is 10.1. The van der Waals surface area contributed by atoms with E-state index in [9.17, 15) is 0 Å². The largest absolute Gasteiger partial charge is 0.379 e. The summed E-state index contributed by atoms with van der Waals surface area (Å²) in [5.74, 6) is 2.54. The first-order valence-corrected chi connectivity index (χ1v) is 10.1. The van der Waals surface area contributed by atoms with Crippen LogP contribution < -0.4 is 5.32 Å². The molecule has 7 heteroatoms. The number of anilines is 1. The molecule has 0 atom stereocenters. The molecule has 3 heterocycles. The van der Waals surface area contributed by atoms with E-state index >= 15 is 0 Å². The van der Waals surface area contributed by atoms with Crippen LogP contribution in [0.3, 0.4) is 0 Å². The average molecular weight is 356 g/mol. The van der Waals surface area contributed by atoms with E-state index in [1.807, 2.05) is 12.4 Å². The minimum absolute atomic E-state index is 0.218. The smallest absolute Gasteiger partial charge is 0.203 e. The lowest BCUT2D eigenvalue weighted by Crippen LogP contribution is -2.58. The van der Waals surface area contributed by atoms with Crippen LogP contribution in [0.15, 0.2) is 12.4 Å². The van der Waals surface area contributed by atoms with E-state index in [1.165, 1.54) is 44.9 Å². The van der Waals surface area contributed by atoms with Gasteiger partial charge in [-0.1, -0.05) is 19.3 Å². The average Bonchev–Trinajstić information content (AvgIpc) is 3.46. The zero-order valence-corrected chi connectivity index (χ0v) is 15.4. The summed E-state index contributed by atoms with van der Waals surface area (Å²) in [5.41, 5.74) is 1.08. The summed E-state index contributed by atoms with van der Waals surface area (Å²) in [5, 5.41) is 12.5. The van der Waals surface area contributed by atoms with E-state index in [1.54, 1.807) is 0 Å². The normalized spacial score (nSPS) is 24.0. The second-order valence-corrected chi connectivity index (χ2v) is 8.04. The SMILES string of the molecule is c1cn2c(C3CC3)nnc2c(NCC2(N3CCOCC3)CCCCC2)n1. The number of fused-ring (bicyclic) bond motifs is 1. The summed E-state index contributed by atoms with van der Waals surface area (Å²) in [7, 11) is 0. The van der Waals surface area contributed by atoms with Crippen molar-refractivity contribution in [3.05, 3.63) is 18.2 Å². The first kappa shape index (κ1) is 16.4. The number of nitrogens with one attached hydrogen (secondary N) is 1. The number of morpholine rings is 1. The maximum absolute atomic E-state index is 5.59. The Hall–Kier alpha value is -1.73. The molecule has 1 saturated heterocycles. The third kappa shape index (κ3) is 2.97. The molecule has 0 radical (unpaired) electrons. The Morgan fingerprint density at radius 3 is 2.69 bits per heavy atom. The predicted octanol–water partition coefficient (Wildman–Crippen LogP) is 2.45. The monoisotopic (exact) mass is 356 g/mol. The molecule has 3 fully saturated rings. The zero-order chi connectivity index (χ0) is 17.4. The molecule has 1 N–H and O–H groups in total. The van der Waals surface area contributed by atoms with Crippen LogP contribution in [0.4, 0.5) is 5.82 Å². The Labute approximate surface area is 154 Å². The molecule has 3 aliphatic rings. The van der Waals surface area contributed by atoms with Crippen molar-refractivity contribution >= 4 is 11.5 Å². The van der Waals surface area contributed by atoms with Gasteiger partial charge in [-0.2, -0.15) is 0 Å². The summed E-state index contributed by atoms with van der Waals surface area (Å²) in [4.78, 5) is 7.24. The fourth-order valence-electron chi connectivity index (χ4n) is 4.69. The van der Waals surface area contributed by atoms with Gasteiger partial charge in [0, 0.05) is 43.5 Å². The van der Waals surface area contributed by atoms with Crippen molar-refractivity contribution in [2.24, 2.45) is 0 Å². The highest BCUT2D eigenvalue weighted by Gasteiger charge is 2.38. The first-order chi connectivity index (χ1) is 12.9. The highest BCUT2D eigenvalue weighted by molar-refractivity contribution is 5.62. The maximum atomic E-state index is 5.59. The van der Waals surface area contributed by atoms with Gasteiger partial charge in [-0.25, -0.2) is 4.98 Å².